The molecule has 1 aliphatic carbocycles. The van der Waals surface area contributed by atoms with E-state index >= 15 is 0 Å². The Morgan fingerprint density at radius 2 is 1.70 bits per heavy atom. The number of aromatic carboxylic acids is 1. The third kappa shape index (κ3) is 2.59. The Bertz CT molecular complexity index is 642. The highest BCUT2D eigenvalue weighted by Crippen LogP contribution is 2.30. The molecule has 0 heterocycles. The van der Waals surface area contributed by atoms with Crippen LogP contribution in [0.3, 0.4) is 0 Å². The smallest absolute Gasteiger partial charge is 0.339 e. The van der Waals surface area contributed by atoms with Gasteiger partial charge in [-0.15, -0.1) is 0 Å². The van der Waals surface area contributed by atoms with Gasteiger partial charge in [-0.1, -0.05) is 18.2 Å². The number of rotatable bonds is 4. The molecule has 3 rings (SSSR count). The lowest BCUT2D eigenvalue weighted by Crippen LogP contribution is -1.97. The van der Waals surface area contributed by atoms with Crippen LogP contribution in [0.25, 0.3) is 11.1 Å². The largest absolute Gasteiger partial charge is 0.507 e. The molecule has 0 radical (unpaired) electrons. The maximum absolute atomic E-state index is 11.0. The zero-order chi connectivity index (χ0) is 14.1. The number of phenols is 1. The highest BCUT2D eigenvalue weighted by atomic mass is 16.5. The molecule has 4 nitrogen and oxygen atoms in total. The van der Waals surface area contributed by atoms with Gasteiger partial charge in [0.1, 0.15) is 17.1 Å². The van der Waals surface area contributed by atoms with E-state index in [2.05, 4.69) is 0 Å². The van der Waals surface area contributed by atoms with E-state index in [1.165, 1.54) is 12.1 Å². The van der Waals surface area contributed by atoms with E-state index in [9.17, 15) is 9.90 Å². The van der Waals surface area contributed by atoms with Gasteiger partial charge >= 0.3 is 5.97 Å². The van der Waals surface area contributed by atoms with Gasteiger partial charge in [0.25, 0.3) is 0 Å². The average Bonchev–Trinajstić information content (AvgIpc) is 3.24. The van der Waals surface area contributed by atoms with Crippen molar-refractivity contribution in [2.45, 2.75) is 18.9 Å². The van der Waals surface area contributed by atoms with Gasteiger partial charge in [0.15, 0.2) is 0 Å². The zero-order valence-corrected chi connectivity index (χ0v) is 10.7. The Labute approximate surface area is 116 Å². The van der Waals surface area contributed by atoms with E-state index in [0.29, 0.717) is 6.10 Å². The van der Waals surface area contributed by atoms with Gasteiger partial charge in [-0.3, -0.25) is 0 Å². The van der Waals surface area contributed by atoms with Crippen LogP contribution in [0.4, 0.5) is 0 Å². The molecule has 102 valence electrons. The van der Waals surface area contributed by atoms with E-state index < -0.39 is 5.97 Å². The molecule has 0 unspecified atom stereocenters. The topological polar surface area (TPSA) is 66.8 Å². The molecule has 0 aliphatic heterocycles. The molecule has 2 aromatic rings. The van der Waals surface area contributed by atoms with Crippen LogP contribution >= 0.6 is 0 Å². The standard InChI is InChI=1S/C16H14O4/c17-15-8-3-11(9-14(15)16(18)19)10-1-4-12(5-2-10)20-13-6-7-13/h1-5,8-9,13,17H,6-7H2,(H,18,19). The molecular formula is C16H14O4. The summed E-state index contributed by atoms with van der Waals surface area (Å²) in [5.41, 5.74) is 1.54. The fourth-order valence-corrected chi connectivity index (χ4v) is 1.99. The van der Waals surface area contributed by atoms with Crippen molar-refractivity contribution in [1.82, 2.24) is 0 Å². The predicted molar refractivity (Wildman–Crippen MR) is 74.2 cm³/mol. The minimum Gasteiger partial charge on any atom is -0.507 e. The first kappa shape index (κ1) is 12.5. The van der Waals surface area contributed by atoms with Crippen LogP contribution in [-0.4, -0.2) is 22.3 Å². The number of carbonyl (C=O) groups is 1. The first-order chi connectivity index (χ1) is 9.63. The van der Waals surface area contributed by atoms with Gasteiger partial charge in [-0.05, 0) is 48.2 Å². The minimum atomic E-state index is -1.14. The summed E-state index contributed by atoms with van der Waals surface area (Å²) in [6.45, 7) is 0. The second-order valence-electron chi connectivity index (χ2n) is 4.88. The average molecular weight is 270 g/mol. The summed E-state index contributed by atoms with van der Waals surface area (Å²) in [7, 11) is 0. The lowest BCUT2D eigenvalue weighted by Gasteiger charge is -2.07. The van der Waals surface area contributed by atoms with Gasteiger partial charge in [0, 0.05) is 0 Å². The number of hydrogen-bond donors (Lipinski definition) is 2. The molecule has 0 saturated heterocycles. The van der Waals surface area contributed by atoms with Crippen molar-refractivity contribution < 1.29 is 19.7 Å². The summed E-state index contributed by atoms with van der Waals surface area (Å²) in [5.74, 6) is -0.540. The van der Waals surface area contributed by atoms with Gasteiger partial charge in [0.2, 0.25) is 0 Å². The van der Waals surface area contributed by atoms with Crippen molar-refractivity contribution in [2.75, 3.05) is 0 Å². The Balaban J connectivity index is 1.87. The number of aromatic hydroxyl groups is 1. The summed E-state index contributed by atoms with van der Waals surface area (Å²) >= 11 is 0. The Morgan fingerprint density at radius 1 is 1.05 bits per heavy atom. The Hall–Kier alpha value is -2.49. The molecule has 2 N–H and O–H groups in total. The van der Waals surface area contributed by atoms with E-state index in [0.717, 1.165) is 29.7 Å². The zero-order valence-electron chi connectivity index (χ0n) is 10.7. The molecule has 0 aromatic heterocycles. The number of carboxylic acid groups (broad SMARTS) is 1. The lowest BCUT2D eigenvalue weighted by atomic mass is 10.0. The molecule has 0 bridgehead atoms. The SMILES string of the molecule is O=C(O)c1cc(-c2ccc(OC3CC3)cc2)ccc1O. The summed E-state index contributed by atoms with van der Waals surface area (Å²) in [5, 5.41) is 18.5. The van der Waals surface area contributed by atoms with Crippen molar-refractivity contribution in [3.63, 3.8) is 0 Å². The highest BCUT2D eigenvalue weighted by molar-refractivity contribution is 5.92. The number of hydrogen-bond acceptors (Lipinski definition) is 3. The first-order valence-electron chi connectivity index (χ1n) is 6.47. The molecule has 0 spiro atoms. The van der Waals surface area contributed by atoms with E-state index in [1.807, 2.05) is 24.3 Å². The van der Waals surface area contributed by atoms with Crippen LogP contribution in [-0.2, 0) is 0 Å². The van der Waals surface area contributed by atoms with Crippen LogP contribution in [0.15, 0.2) is 42.5 Å². The maximum Gasteiger partial charge on any atom is 0.339 e. The molecule has 1 saturated carbocycles. The second kappa shape index (κ2) is 4.89. The quantitative estimate of drug-likeness (QED) is 0.894. The molecular weight excluding hydrogens is 256 g/mol. The fraction of sp³-hybridized carbons (Fsp3) is 0.188. The fourth-order valence-electron chi connectivity index (χ4n) is 1.99. The molecule has 1 aliphatic rings. The number of carboxylic acids is 1. The molecule has 0 amide bonds. The summed E-state index contributed by atoms with van der Waals surface area (Å²) in [6, 6.07) is 12.1. The molecule has 4 heteroatoms. The van der Waals surface area contributed by atoms with Crippen LogP contribution in [0, 0.1) is 0 Å². The number of ether oxygens (including phenoxy) is 1. The lowest BCUT2D eigenvalue weighted by molar-refractivity contribution is 0.0694. The van der Waals surface area contributed by atoms with Crippen LogP contribution in [0.1, 0.15) is 23.2 Å². The van der Waals surface area contributed by atoms with E-state index in [4.69, 9.17) is 9.84 Å². The summed E-state index contributed by atoms with van der Waals surface area (Å²) in [6.07, 6.45) is 2.58. The molecule has 1 fully saturated rings. The third-order valence-corrected chi connectivity index (χ3v) is 3.24. The maximum atomic E-state index is 11.0. The number of benzene rings is 2. The van der Waals surface area contributed by atoms with Crippen molar-refractivity contribution >= 4 is 5.97 Å². The molecule has 0 atom stereocenters. The summed E-state index contributed by atoms with van der Waals surface area (Å²) in [4.78, 5) is 11.0. The second-order valence-corrected chi connectivity index (χ2v) is 4.88. The normalized spacial score (nSPS) is 14.0. The van der Waals surface area contributed by atoms with Crippen molar-refractivity contribution in [3.8, 4) is 22.6 Å². The van der Waals surface area contributed by atoms with Crippen LogP contribution < -0.4 is 4.74 Å². The Morgan fingerprint density at radius 3 is 2.30 bits per heavy atom. The summed E-state index contributed by atoms with van der Waals surface area (Å²) < 4.78 is 5.66. The van der Waals surface area contributed by atoms with E-state index in [1.54, 1.807) is 6.07 Å². The van der Waals surface area contributed by atoms with Crippen molar-refractivity contribution in [3.05, 3.63) is 48.0 Å². The Kier molecular flexibility index (Phi) is 3.06. The molecule has 20 heavy (non-hydrogen) atoms. The van der Waals surface area contributed by atoms with Crippen LogP contribution in [0.5, 0.6) is 11.5 Å². The third-order valence-electron chi connectivity index (χ3n) is 3.24. The minimum absolute atomic E-state index is 0.0965. The van der Waals surface area contributed by atoms with Crippen molar-refractivity contribution in [2.24, 2.45) is 0 Å². The van der Waals surface area contributed by atoms with Gasteiger partial charge in [0.05, 0.1) is 6.10 Å². The predicted octanol–water partition coefficient (Wildman–Crippen LogP) is 3.30. The van der Waals surface area contributed by atoms with Crippen molar-refractivity contribution in [1.29, 1.82) is 0 Å². The van der Waals surface area contributed by atoms with Gasteiger partial charge < -0.3 is 14.9 Å². The first-order valence-corrected chi connectivity index (χ1v) is 6.47. The van der Waals surface area contributed by atoms with Gasteiger partial charge in [-0.25, -0.2) is 4.79 Å². The van der Waals surface area contributed by atoms with E-state index in [-0.39, 0.29) is 11.3 Å². The molecule has 2 aromatic carbocycles. The highest BCUT2D eigenvalue weighted by Gasteiger charge is 2.23. The van der Waals surface area contributed by atoms with Gasteiger partial charge in [-0.2, -0.15) is 0 Å². The monoisotopic (exact) mass is 270 g/mol. The van der Waals surface area contributed by atoms with Crippen LogP contribution in [0.2, 0.25) is 0 Å².